The maximum absolute atomic E-state index is 2.88. The third kappa shape index (κ3) is 7.55. The fourth-order valence-electron chi connectivity index (χ4n) is 7.70. The molecule has 0 spiro atoms. The van der Waals surface area contributed by atoms with Crippen molar-refractivity contribution in [3.63, 3.8) is 0 Å². The molecular weight excluding hydrogens is 703 g/mol. The van der Waals surface area contributed by atoms with Crippen molar-refractivity contribution in [3.8, 4) is 11.1 Å². The summed E-state index contributed by atoms with van der Waals surface area (Å²) >= 11 is -2.88. The smallest absolute Gasteiger partial charge is 1.00 e. The van der Waals surface area contributed by atoms with Crippen LogP contribution in [0, 0.1) is 5.92 Å². The monoisotopic (exact) mass is 752 g/mol. The molecule has 0 aliphatic heterocycles. The Morgan fingerprint density at radius 3 is 1.52 bits per heavy atom. The first-order valence-corrected chi connectivity index (χ1v) is 21.5. The van der Waals surface area contributed by atoms with Crippen molar-refractivity contribution in [1.29, 1.82) is 0 Å². The molecule has 0 saturated heterocycles. The fraction of sp³-hybridized carbons (Fsp3) is 0.356. The zero-order valence-electron chi connectivity index (χ0n) is 30.1. The van der Waals surface area contributed by atoms with Gasteiger partial charge in [-0.3, -0.25) is 0 Å². The van der Waals surface area contributed by atoms with Gasteiger partial charge in [-0.1, -0.05) is 0 Å². The summed E-state index contributed by atoms with van der Waals surface area (Å²) in [6, 6.07) is 38.0. The Bertz CT molecular complexity index is 1710. The SMILES string of the molecule is CCCC1=[C]([Zr+2](=[C](c2ccccc2)c2ccccc2)[CH]2c3cc(C(C)(C)C)ccc3-c3ccc(C(C)(C)C)cc32)C(CCC)C=C1.[Cl-].[Cl-]. The largest absolute Gasteiger partial charge is 1.00 e. The van der Waals surface area contributed by atoms with Crippen molar-refractivity contribution >= 4 is 3.21 Å². The second-order valence-corrected chi connectivity index (χ2v) is 21.5. The van der Waals surface area contributed by atoms with Crippen LogP contribution in [0.15, 0.2) is 118 Å². The topological polar surface area (TPSA) is 0 Å². The molecule has 0 bridgehead atoms. The van der Waals surface area contributed by atoms with E-state index in [0.29, 0.717) is 9.54 Å². The standard InChI is InChI=1S/C21H25.C13H10.C11H17.2ClH.Zr/c1-20(2,3)16-7-9-18-14(12-16)11-15-13-17(21(4,5)6)8-10-19(15)18;1-3-7-12(8-4-1)11-13-9-5-2-6-10-13;1-3-5-10-7-8-11(9-10)6-4-2;;;/h7-13H,1-6H3;1-10H;7-8,10H,3-6H2,1-2H3;2*1H;/q;;;;;+2/p-2. The van der Waals surface area contributed by atoms with Crippen LogP contribution in [0.25, 0.3) is 11.1 Å². The molecule has 1 unspecified atom stereocenters. The summed E-state index contributed by atoms with van der Waals surface area (Å²) in [6.07, 6.45) is 9.93. The molecule has 48 heavy (non-hydrogen) atoms. The van der Waals surface area contributed by atoms with Crippen molar-refractivity contribution in [2.75, 3.05) is 0 Å². The van der Waals surface area contributed by atoms with Gasteiger partial charge in [0.1, 0.15) is 0 Å². The quantitative estimate of drug-likeness (QED) is 0.199. The van der Waals surface area contributed by atoms with Gasteiger partial charge in [-0.2, -0.15) is 0 Å². The predicted molar refractivity (Wildman–Crippen MR) is 197 cm³/mol. The van der Waals surface area contributed by atoms with E-state index in [1.165, 1.54) is 59.1 Å². The Morgan fingerprint density at radius 2 is 1.10 bits per heavy atom. The van der Waals surface area contributed by atoms with Crippen molar-refractivity contribution in [2.24, 2.45) is 5.92 Å². The van der Waals surface area contributed by atoms with Crippen LogP contribution >= 0.6 is 0 Å². The van der Waals surface area contributed by atoms with E-state index in [1.807, 2.05) is 3.28 Å². The van der Waals surface area contributed by atoms with E-state index in [0.717, 1.165) is 0 Å². The van der Waals surface area contributed by atoms with E-state index >= 15 is 0 Å². The minimum absolute atomic E-state index is 0. The van der Waals surface area contributed by atoms with Gasteiger partial charge in [-0.15, -0.1) is 0 Å². The van der Waals surface area contributed by atoms with E-state index < -0.39 is 21.3 Å². The molecule has 1 atom stereocenters. The maximum atomic E-state index is 2.63. The van der Waals surface area contributed by atoms with Gasteiger partial charge < -0.3 is 24.8 Å². The van der Waals surface area contributed by atoms with Crippen LogP contribution in [-0.2, 0) is 32.1 Å². The van der Waals surface area contributed by atoms with Crippen LogP contribution in [-0.4, -0.2) is 3.21 Å². The number of allylic oxidation sites excluding steroid dienone is 4. The number of benzene rings is 4. The molecule has 2 aliphatic carbocycles. The Balaban J connectivity index is 0.00000260. The number of hydrogen-bond donors (Lipinski definition) is 0. The van der Waals surface area contributed by atoms with Crippen LogP contribution in [0.5, 0.6) is 0 Å². The summed E-state index contributed by atoms with van der Waals surface area (Å²) in [4.78, 5) is 0. The molecule has 3 heteroatoms. The second kappa shape index (κ2) is 15.7. The average Bonchev–Trinajstić information content (AvgIpc) is 3.57. The molecule has 0 heterocycles. The predicted octanol–water partition coefficient (Wildman–Crippen LogP) is 6.29. The Morgan fingerprint density at radius 1 is 0.625 bits per heavy atom. The maximum Gasteiger partial charge on any atom is -1.00 e. The molecule has 250 valence electrons. The molecule has 2 aliphatic rings. The summed E-state index contributed by atoms with van der Waals surface area (Å²) in [5.41, 5.74) is 13.6. The number of halogens is 2. The molecular formula is C45H52Cl2Zr. The van der Waals surface area contributed by atoms with E-state index in [9.17, 15) is 0 Å². The first-order chi connectivity index (χ1) is 22.0. The van der Waals surface area contributed by atoms with E-state index in [-0.39, 0.29) is 35.6 Å². The fourth-order valence-corrected chi connectivity index (χ4v) is 17.8. The van der Waals surface area contributed by atoms with E-state index in [4.69, 9.17) is 0 Å². The number of rotatable bonds is 8. The first-order valence-electron chi connectivity index (χ1n) is 17.6. The van der Waals surface area contributed by atoms with Crippen LogP contribution in [0.4, 0.5) is 0 Å². The van der Waals surface area contributed by atoms with E-state index in [1.54, 1.807) is 19.9 Å². The van der Waals surface area contributed by atoms with E-state index in [2.05, 4.69) is 165 Å². The van der Waals surface area contributed by atoms with Crippen LogP contribution < -0.4 is 24.8 Å². The van der Waals surface area contributed by atoms with Gasteiger partial charge >= 0.3 is 288 Å². The van der Waals surface area contributed by atoms with Gasteiger partial charge in [0.2, 0.25) is 0 Å². The molecule has 0 aromatic heterocycles. The summed E-state index contributed by atoms with van der Waals surface area (Å²) < 4.78 is 3.91. The van der Waals surface area contributed by atoms with Gasteiger partial charge in [0.05, 0.1) is 0 Å². The van der Waals surface area contributed by atoms with Crippen molar-refractivity contribution in [3.05, 3.63) is 151 Å². The van der Waals surface area contributed by atoms with Crippen LogP contribution in [0.1, 0.15) is 118 Å². The first kappa shape index (κ1) is 38.5. The van der Waals surface area contributed by atoms with Gasteiger partial charge in [0.15, 0.2) is 0 Å². The zero-order valence-corrected chi connectivity index (χ0v) is 34.1. The van der Waals surface area contributed by atoms with Crippen LogP contribution in [0.2, 0.25) is 0 Å². The molecule has 6 rings (SSSR count). The van der Waals surface area contributed by atoms with Gasteiger partial charge in [-0.25, -0.2) is 0 Å². The molecule has 4 aromatic rings. The normalized spacial score (nSPS) is 15.3. The third-order valence-corrected chi connectivity index (χ3v) is 18.9. The summed E-state index contributed by atoms with van der Waals surface area (Å²) in [5, 5.41) is 0. The van der Waals surface area contributed by atoms with Gasteiger partial charge in [-0.05, 0) is 0 Å². The molecule has 0 amide bonds. The molecule has 0 N–H and O–H groups in total. The minimum Gasteiger partial charge on any atom is -1.00 e. The van der Waals surface area contributed by atoms with Gasteiger partial charge in [0.25, 0.3) is 0 Å². The molecule has 0 saturated carbocycles. The average molecular weight is 755 g/mol. The Kier molecular flexibility index (Phi) is 12.6. The summed E-state index contributed by atoms with van der Waals surface area (Å²) in [6.45, 7) is 19.0. The second-order valence-electron chi connectivity index (χ2n) is 15.5. The summed E-state index contributed by atoms with van der Waals surface area (Å²) in [5.74, 6) is 0.535. The number of hydrogen-bond acceptors (Lipinski definition) is 0. The van der Waals surface area contributed by atoms with Crippen molar-refractivity contribution in [2.45, 2.75) is 95.5 Å². The van der Waals surface area contributed by atoms with Crippen LogP contribution in [0.3, 0.4) is 0 Å². The number of fused-ring (bicyclic) bond motifs is 3. The Labute approximate surface area is 311 Å². The molecule has 0 nitrogen and oxygen atoms in total. The minimum atomic E-state index is -2.88. The molecule has 0 radical (unpaired) electrons. The Hall–Kier alpha value is -2.31. The zero-order chi connectivity index (χ0) is 32.6. The molecule has 0 fully saturated rings. The van der Waals surface area contributed by atoms with Crippen molar-refractivity contribution in [1.82, 2.24) is 0 Å². The third-order valence-electron chi connectivity index (χ3n) is 10.1. The van der Waals surface area contributed by atoms with Crippen molar-refractivity contribution < 1.29 is 46.1 Å². The van der Waals surface area contributed by atoms with Gasteiger partial charge in [0, 0.05) is 0 Å². The summed E-state index contributed by atoms with van der Waals surface area (Å²) in [7, 11) is 0. The molecule has 4 aromatic carbocycles.